The highest BCUT2D eigenvalue weighted by Gasteiger charge is 2.14. The molecular weight excluding hydrogens is 286 g/mol. The van der Waals surface area contributed by atoms with E-state index in [1.807, 2.05) is 0 Å². The molecule has 1 rings (SSSR count). The summed E-state index contributed by atoms with van der Waals surface area (Å²) in [6.07, 6.45) is 2.26. The number of unbranched alkanes of at least 4 members (excludes halogenated alkanes) is 1. The standard InChI is InChI=1S/C19H35N3O/c1-8-9-10-23-19-17(14-21(4)5)11-16(13-20(2)3)12-18(19)15-22(6)7/h11-12H,8-10,13-15H2,1-7H3. The van der Waals surface area contributed by atoms with Gasteiger partial charge in [-0.15, -0.1) is 0 Å². The summed E-state index contributed by atoms with van der Waals surface area (Å²) in [6.45, 7) is 5.76. The van der Waals surface area contributed by atoms with E-state index in [4.69, 9.17) is 4.74 Å². The summed E-state index contributed by atoms with van der Waals surface area (Å²) in [6, 6.07) is 4.61. The number of hydrogen-bond donors (Lipinski definition) is 0. The number of ether oxygens (including phenoxy) is 1. The summed E-state index contributed by atoms with van der Waals surface area (Å²) >= 11 is 0. The second-order valence-electron chi connectivity index (χ2n) is 7.16. The van der Waals surface area contributed by atoms with E-state index >= 15 is 0 Å². The van der Waals surface area contributed by atoms with Gasteiger partial charge < -0.3 is 19.4 Å². The highest BCUT2D eigenvalue weighted by atomic mass is 16.5. The first kappa shape index (κ1) is 19.9. The molecule has 0 radical (unpaired) electrons. The molecule has 0 saturated heterocycles. The Bertz CT molecular complexity index is 439. The third-order valence-electron chi connectivity index (χ3n) is 3.52. The van der Waals surface area contributed by atoms with Crippen LogP contribution in [0.2, 0.25) is 0 Å². The van der Waals surface area contributed by atoms with Crippen molar-refractivity contribution < 1.29 is 4.74 Å². The van der Waals surface area contributed by atoms with Crippen LogP contribution < -0.4 is 4.74 Å². The van der Waals surface area contributed by atoms with Crippen LogP contribution in [0, 0.1) is 0 Å². The maximum atomic E-state index is 6.20. The Morgan fingerprint density at radius 3 is 1.65 bits per heavy atom. The Morgan fingerprint density at radius 1 is 0.783 bits per heavy atom. The molecule has 0 spiro atoms. The Hall–Kier alpha value is -1.10. The molecule has 0 bridgehead atoms. The van der Waals surface area contributed by atoms with Crippen LogP contribution >= 0.6 is 0 Å². The van der Waals surface area contributed by atoms with Crippen molar-refractivity contribution in [1.29, 1.82) is 0 Å². The fourth-order valence-corrected chi connectivity index (χ4v) is 2.70. The van der Waals surface area contributed by atoms with E-state index in [-0.39, 0.29) is 0 Å². The van der Waals surface area contributed by atoms with Crippen molar-refractivity contribution in [3.63, 3.8) is 0 Å². The largest absolute Gasteiger partial charge is 0.493 e. The van der Waals surface area contributed by atoms with Gasteiger partial charge in [0.1, 0.15) is 5.75 Å². The van der Waals surface area contributed by atoms with Gasteiger partial charge in [0, 0.05) is 30.8 Å². The minimum absolute atomic E-state index is 0.796. The lowest BCUT2D eigenvalue weighted by atomic mass is 10.0. The van der Waals surface area contributed by atoms with Crippen molar-refractivity contribution in [2.24, 2.45) is 0 Å². The lowest BCUT2D eigenvalue weighted by Gasteiger charge is -2.22. The minimum atomic E-state index is 0.796. The quantitative estimate of drug-likeness (QED) is 0.617. The van der Waals surface area contributed by atoms with Gasteiger partial charge in [-0.3, -0.25) is 0 Å². The van der Waals surface area contributed by atoms with E-state index < -0.39 is 0 Å². The van der Waals surface area contributed by atoms with E-state index in [2.05, 4.69) is 76.0 Å². The molecule has 1 aromatic carbocycles. The summed E-state index contributed by atoms with van der Waals surface area (Å²) in [5.74, 6) is 1.09. The summed E-state index contributed by atoms with van der Waals surface area (Å²) in [7, 11) is 12.7. The van der Waals surface area contributed by atoms with Crippen LogP contribution in [0.25, 0.3) is 0 Å². The third-order valence-corrected chi connectivity index (χ3v) is 3.52. The molecule has 132 valence electrons. The zero-order chi connectivity index (χ0) is 17.4. The van der Waals surface area contributed by atoms with Gasteiger partial charge in [-0.2, -0.15) is 0 Å². The molecule has 0 aliphatic heterocycles. The summed E-state index contributed by atoms with van der Waals surface area (Å²) < 4.78 is 6.20. The smallest absolute Gasteiger partial charge is 0.128 e. The second kappa shape index (κ2) is 9.91. The zero-order valence-electron chi connectivity index (χ0n) is 16.1. The van der Waals surface area contributed by atoms with Crippen LogP contribution in [0.3, 0.4) is 0 Å². The number of nitrogens with zero attached hydrogens (tertiary/aromatic N) is 3. The Kier molecular flexibility index (Phi) is 8.59. The molecule has 0 atom stereocenters. The molecule has 0 saturated carbocycles. The lowest BCUT2D eigenvalue weighted by molar-refractivity contribution is 0.289. The van der Waals surface area contributed by atoms with Gasteiger partial charge in [-0.25, -0.2) is 0 Å². The van der Waals surface area contributed by atoms with E-state index in [0.717, 1.165) is 44.8 Å². The fourth-order valence-electron chi connectivity index (χ4n) is 2.70. The first-order valence-corrected chi connectivity index (χ1v) is 8.55. The molecular formula is C19H35N3O. The predicted molar refractivity (Wildman–Crippen MR) is 99.0 cm³/mol. The number of rotatable bonds is 10. The van der Waals surface area contributed by atoms with Crippen molar-refractivity contribution in [2.45, 2.75) is 39.4 Å². The number of benzene rings is 1. The van der Waals surface area contributed by atoms with Crippen molar-refractivity contribution in [1.82, 2.24) is 14.7 Å². The molecule has 0 aliphatic carbocycles. The van der Waals surface area contributed by atoms with Gasteiger partial charge in [0.25, 0.3) is 0 Å². The van der Waals surface area contributed by atoms with Gasteiger partial charge in [-0.05, 0) is 66.4 Å². The van der Waals surface area contributed by atoms with Crippen LogP contribution in [-0.4, -0.2) is 63.6 Å². The van der Waals surface area contributed by atoms with Crippen LogP contribution in [0.5, 0.6) is 5.75 Å². The molecule has 0 N–H and O–H groups in total. The fraction of sp³-hybridized carbons (Fsp3) is 0.684. The van der Waals surface area contributed by atoms with E-state index in [1.165, 1.54) is 16.7 Å². The van der Waals surface area contributed by atoms with Crippen LogP contribution in [-0.2, 0) is 19.6 Å². The zero-order valence-corrected chi connectivity index (χ0v) is 16.1. The molecule has 0 aliphatic rings. The Labute approximate surface area is 143 Å². The van der Waals surface area contributed by atoms with Gasteiger partial charge in [0.15, 0.2) is 0 Å². The van der Waals surface area contributed by atoms with Gasteiger partial charge in [-0.1, -0.05) is 13.3 Å². The lowest BCUT2D eigenvalue weighted by Crippen LogP contribution is -2.18. The average Bonchev–Trinajstić information content (AvgIpc) is 2.39. The maximum Gasteiger partial charge on any atom is 0.128 e. The topological polar surface area (TPSA) is 19.0 Å². The van der Waals surface area contributed by atoms with E-state index in [1.54, 1.807) is 0 Å². The highest BCUT2D eigenvalue weighted by Crippen LogP contribution is 2.29. The molecule has 4 heteroatoms. The molecule has 0 unspecified atom stereocenters. The van der Waals surface area contributed by atoms with Crippen molar-refractivity contribution >= 4 is 0 Å². The van der Waals surface area contributed by atoms with Crippen LogP contribution in [0.4, 0.5) is 0 Å². The maximum absolute atomic E-state index is 6.20. The van der Waals surface area contributed by atoms with E-state index in [0.29, 0.717) is 0 Å². The van der Waals surface area contributed by atoms with Crippen molar-refractivity contribution in [2.75, 3.05) is 48.9 Å². The summed E-state index contributed by atoms with van der Waals surface area (Å²) in [5, 5.41) is 0. The number of hydrogen-bond acceptors (Lipinski definition) is 4. The first-order valence-electron chi connectivity index (χ1n) is 8.55. The van der Waals surface area contributed by atoms with Gasteiger partial charge >= 0.3 is 0 Å². The van der Waals surface area contributed by atoms with Crippen molar-refractivity contribution in [3.05, 3.63) is 28.8 Å². The molecule has 0 heterocycles. The van der Waals surface area contributed by atoms with Crippen LogP contribution in [0.1, 0.15) is 36.5 Å². The minimum Gasteiger partial charge on any atom is -0.493 e. The first-order chi connectivity index (χ1) is 10.8. The Morgan fingerprint density at radius 2 is 1.26 bits per heavy atom. The predicted octanol–water partition coefficient (Wildman–Crippen LogP) is 3.05. The normalized spacial score (nSPS) is 11.7. The monoisotopic (exact) mass is 321 g/mol. The van der Waals surface area contributed by atoms with Gasteiger partial charge in [0.05, 0.1) is 6.61 Å². The molecule has 23 heavy (non-hydrogen) atoms. The molecule has 0 amide bonds. The highest BCUT2D eigenvalue weighted by molar-refractivity contribution is 5.45. The van der Waals surface area contributed by atoms with Crippen molar-refractivity contribution in [3.8, 4) is 5.75 Å². The molecule has 0 aromatic heterocycles. The Balaban J connectivity index is 3.21. The second-order valence-corrected chi connectivity index (χ2v) is 7.16. The molecule has 0 fully saturated rings. The third kappa shape index (κ3) is 7.34. The van der Waals surface area contributed by atoms with Crippen LogP contribution in [0.15, 0.2) is 12.1 Å². The molecule has 1 aromatic rings. The summed E-state index contributed by atoms with van der Waals surface area (Å²) in [5.41, 5.74) is 3.94. The van der Waals surface area contributed by atoms with E-state index in [9.17, 15) is 0 Å². The summed E-state index contributed by atoms with van der Waals surface area (Å²) in [4.78, 5) is 6.63. The molecule has 4 nitrogen and oxygen atoms in total. The average molecular weight is 322 g/mol. The SMILES string of the molecule is CCCCOc1c(CN(C)C)cc(CN(C)C)cc1CN(C)C. The van der Waals surface area contributed by atoms with Gasteiger partial charge in [0.2, 0.25) is 0 Å².